The molecule has 0 bridgehead atoms. The molecule has 2 aromatic carbocycles. The van der Waals surface area contributed by atoms with Crippen molar-refractivity contribution in [2.75, 3.05) is 11.3 Å². The normalized spacial score (nSPS) is 18.6. The van der Waals surface area contributed by atoms with Gasteiger partial charge in [-0.3, -0.25) is 9.52 Å². The third kappa shape index (κ3) is 4.65. The summed E-state index contributed by atoms with van der Waals surface area (Å²) in [6.07, 6.45) is 7.91. The second-order valence-electron chi connectivity index (χ2n) is 8.43. The number of rotatable bonds is 7. The third-order valence-electron chi connectivity index (χ3n) is 6.27. The van der Waals surface area contributed by atoms with Crippen LogP contribution in [0.2, 0.25) is 5.02 Å². The highest BCUT2D eigenvalue weighted by Crippen LogP contribution is 2.48. The lowest BCUT2D eigenvalue weighted by Gasteiger charge is -2.23. The summed E-state index contributed by atoms with van der Waals surface area (Å²) in [6, 6.07) is 13.2. The fraction of sp³-hybridized carbons (Fsp3) is 0.435. The minimum atomic E-state index is -3.69. The highest BCUT2D eigenvalue weighted by atomic mass is 35.5. The Hall–Kier alpha value is -2.05. The van der Waals surface area contributed by atoms with Crippen LogP contribution < -0.4 is 10.0 Å². The third-order valence-corrected chi connectivity index (χ3v) is 7.92. The number of sulfonamides is 1. The van der Waals surface area contributed by atoms with E-state index in [0.717, 1.165) is 24.9 Å². The predicted molar refractivity (Wildman–Crippen MR) is 119 cm³/mol. The molecule has 0 heterocycles. The Balaban J connectivity index is 1.40. The maximum Gasteiger partial charge on any atom is 0.261 e. The Labute approximate surface area is 183 Å². The van der Waals surface area contributed by atoms with Gasteiger partial charge in [-0.05, 0) is 73.6 Å². The van der Waals surface area contributed by atoms with Crippen molar-refractivity contribution in [3.8, 4) is 0 Å². The molecule has 2 saturated carbocycles. The predicted octanol–water partition coefficient (Wildman–Crippen LogP) is 4.87. The number of nitrogens with one attached hydrogen (secondary N) is 2. The molecule has 0 radical (unpaired) electrons. The molecule has 0 aromatic heterocycles. The van der Waals surface area contributed by atoms with E-state index in [2.05, 4.69) is 10.0 Å². The van der Waals surface area contributed by atoms with Crippen LogP contribution in [0.5, 0.6) is 0 Å². The zero-order chi connectivity index (χ0) is 21.2. The van der Waals surface area contributed by atoms with Gasteiger partial charge in [0.15, 0.2) is 0 Å². The molecule has 0 spiro atoms. The number of benzene rings is 2. The molecule has 0 aliphatic heterocycles. The lowest BCUT2D eigenvalue weighted by Crippen LogP contribution is -2.38. The summed E-state index contributed by atoms with van der Waals surface area (Å²) in [7, 11) is -3.69. The van der Waals surface area contributed by atoms with E-state index in [0.29, 0.717) is 16.6 Å². The molecule has 0 saturated heterocycles. The molecule has 5 nitrogen and oxygen atoms in total. The number of carbonyl (C=O) groups is 1. The molecule has 2 aromatic rings. The van der Waals surface area contributed by atoms with Crippen LogP contribution in [-0.4, -0.2) is 20.9 Å². The van der Waals surface area contributed by atoms with E-state index in [1.165, 1.54) is 44.2 Å². The Morgan fingerprint density at radius 2 is 1.60 bits per heavy atom. The zero-order valence-electron chi connectivity index (χ0n) is 16.9. The van der Waals surface area contributed by atoms with E-state index in [1.54, 1.807) is 24.3 Å². The summed E-state index contributed by atoms with van der Waals surface area (Å²) >= 11 is 5.83. The highest BCUT2D eigenvalue weighted by molar-refractivity contribution is 7.92. The summed E-state index contributed by atoms with van der Waals surface area (Å²) in [5.41, 5.74) is 0.951. The average Bonchev–Trinajstić information content (AvgIpc) is 3.55. The largest absolute Gasteiger partial charge is 0.355 e. The number of hydrogen-bond donors (Lipinski definition) is 2. The SMILES string of the molecule is O=C(NCC1CCCCC1)C1(c2ccc(NS(=O)(=O)c3ccc(Cl)cc3)cc2)CC1. The monoisotopic (exact) mass is 446 g/mol. The van der Waals surface area contributed by atoms with Crippen LogP contribution in [-0.2, 0) is 20.2 Å². The molecule has 7 heteroatoms. The van der Waals surface area contributed by atoms with Gasteiger partial charge >= 0.3 is 0 Å². The Bertz CT molecular complexity index is 994. The van der Waals surface area contributed by atoms with Crippen molar-refractivity contribution >= 4 is 33.2 Å². The lowest BCUT2D eigenvalue weighted by atomic mass is 9.88. The first-order valence-corrected chi connectivity index (χ1v) is 12.4. The van der Waals surface area contributed by atoms with Gasteiger partial charge in [-0.1, -0.05) is 43.0 Å². The molecule has 2 fully saturated rings. The average molecular weight is 447 g/mol. The van der Waals surface area contributed by atoms with Crippen LogP contribution in [0.1, 0.15) is 50.5 Å². The molecule has 1 amide bonds. The number of amides is 1. The van der Waals surface area contributed by atoms with Crippen molar-refractivity contribution in [2.45, 2.75) is 55.3 Å². The molecule has 4 rings (SSSR count). The van der Waals surface area contributed by atoms with Crippen LogP contribution in [0.15, 0.2) is 53.4 Å². The maximum atomic E-state index is 12.9. The second kappa shape index (κ2) is 8.60. The van der Waals surface area contributed by atoms with Crippen LogP contribution in [0, 0.1) is 5.92 Å². The second-order valence-corrected chi connectivity index (χ2v) is 10.6. The molecule has 2 aliphatic carbocycles. The molecular formula is C23H27ClN2O3S. The van der Waals surface area contributed by atoms with E-state index in [-0.39, 0.29) is 10.8 Å². The Kier molecular flexibility index (Phi) is 6.07. The van der Waals surface area contributed by atoms with Crippen molar-refractivity contribution in [1.82, 2.24) is 5.32 Å². The van der Waals surface area contributed by atoms with Crippen molar-refractivity contribution in [3.05, 3.63) is 59.1 Å². The van der Waals surface area contributed by atoms with E-state index in [1.807, 2.05) is 12.1 Å². The van der Waals surface area contributed by atoms with Crippen molar-refractivity contribution < 1.29 is 13.2 Å². The number of hydrogen-bond acceptors (Lipinski definition) is 3. The molecule has 160 valence electrons. The topological polar surface area (TPSA) is 75.3 Å². The van der Waals surface area contributed by atoms with Gasteiger partial charge in [0.1, 0.15) is 0 Å². The zero-order valence-corrected chi connectivity index (χ0v) is 18.4. The molecule has 30 heavy (non-hydrogen) atoms. The summed E-state index contributed by atoms with van der Waals surface area (Å²) in [5.74, 6) is 0.700. The van der Waals surface area contributed by atoms with Gasteiger partial charge in [0.05, 0.1) is 10.3 Å². The van der Waals surface area contributed by atoms with Gasteiger partial charge in [-0.25, -0.2) is 8.42 Å². The molecule has 0 unspecified atom stereocenters. The van der Waals surface area contributed by atoms with E-state index in [4.69, 9.17) is 11.6 Å². The van der Waals surface area contributed by atoms with Crippen molar-refractivity contribution in [3.63, 3.8) is 0 Å². The van der Waals surface area contributed by atoms with Crippen molar-refractivity contribution in [1.29, 1.82) is 0 Å². The summed E-state index contributed by atoms with van der Waals surface area (Å²) < 4.78 is 27.6. The van der Waals surface area contributed by atoms with Gasteiger partial charge in [-0.15, -0.1) is 0 Å². The fourth-order valence-corrected chi connectivity index (χ4v) is 5.44. The smallest absolute Gasteiger partial charge is 0.261 e. The summed E-state index contributed by atoms with van der Waals surface area (Å²) in [6.45, 7) is 0.763. The van der Waals surface area contributed by atoms with Crippen LogP contribution in [0.4, 0.5) is 5.69 Å². The summed E-state index contributed by atoms with van der Waals surface area (Å²) in [5, 5.41) is 3.65. The van der Waals surface area contributed by atoms with Gasteiger partial charge in [0, 0.05) is 17.3 Å². The van der Waals surface area contributed by atoms with Gasteiger partial charge in [0.25, 0.3) is 10.0 Å². The van der Waals surface area contributed by atoms with Crippen LogP contribution in [0.3, 0.4) is 0 Å². The number of carbonyl (C=O) groups excluding carboxylic acids is 1. The van der Waals surface area contributed by atoms with Gasteiger partial charge in [-0.2, -0.15) is 0 Å². The van der Waals surface area contributed by atoms with E-state index >= 15 is 0 Å². The van der Waals surface area contributed by atoms with Crippen LogP contribution >= 0.6 is 11.6 Å². The lowest BCUT2D eigenvalue weighted by molar-refractivity contribution is -0.123. The summed E-state index contributed by atoms with van der Waals surface area (Å²) in [4.78, 5) is 13.0. The molecule has 2 N–H and O–H groups in total. The fourth-order valence-electron chi connectivity index (χ4n) is 4.25. The maximum absolute atomic E-state index is 12.9. The highest BCUT2D eigenvalue weighted by Gasteiger charge is 2.51. The molecule has 2 aliphatic rings. The first kappa shape index (κ1) is 21.2. The first-order chi connectivity index (χ1) is 14.4. The number of halogens is 1. The number of anilines is 1. The first-order valence-electron chi connectivity index (χ1n) is 10.6. The Morgan fingerprint density at radius 3 is 2.20 bits per heavy atom. The Morgan fingerprint density at radius 1 is 0.967 bits per heavy atom. The molecule has 0 atom stereocenters. The van der Waals surface area contributed by atoms with Crippen LogP contribution in [0.25, 0.3) is 0 Å². The van der Waals surface area contributed by atoms with Gasteiger partial charge in [0.2, 0.25) is 5.91 Å². The minimum absolute atomic E-state index is 0.0996. The minimum Gasteiger partial charge on any atom is -0.355 e. The van der Waals surface area contributed by atoms with E-state index in [9.17, 15) is 13.2 Å². The standard InChI is InChI=1S/C23H27ClN2O3S/c24-19-8-12-21(13-9-19)30(28,29)26-20-10-6-18(7-11-20)23(14-15-23)22(27)25-16-17-4-2-1-3-5-17/h6-13,17,26H,1-5,14-16H2,(H,25,27). The molecular weight excluding hydrogens is 420 g/mol. The van der Waals surface area contributed by atoms with Crippen molar-refractivity contribution in [2.24, 2.45) is 5.92 Å². The quantitative estimate of drug-likeness (QED) is 0.637. The van der Waals surface area contributed by atoms with E-state index < -0.39 is 15.4 Å². The van der Waals surface area contributed by atoms with Gasteiger partial charge < -0.3 is 5.32 Å².